The zero-order chi connectivity index (χ0) is 24.1. The summed E-state index contributed by atoms with van der Waals surface area (Å²) in [6, 6.07) is 12.8. The summed E-state index contributed by atoms with van der Waals surface area (Å²) in [4.78, 5) is 12.2. The summed E-state index contributed by atoms with van der Waals surface area (Å²) in [6.45, 7) is 1.55. The van der Waals surface area contributed by atoms with E-state index in [2.05, 4.69) is 15.4 Å². The van der Waals surface area contributed by atoms with Gasteiger partial charge in [0.2, 0.25) is 0 Å². The molecule has 0 aliphatic heterocycles. The Morgan fingerprint density at radius 2 is 1.91 bits per heavy atom. The topological polar surface area (TPSA) is 110 Å². The van der Waals surface area contributed by atoms with Crippen LogP contribution in [0.5, 0.6) is 11.5 Å². The lowest BCUT2D eigenvalue weighted by molar-refractivity contribution is -0.139. The molecule has 10 heteroatoms. The van der Waals surface area contributed by atoms with Crippen molar-refractivity contribution in [2.24, 2.45) is 0 Å². The van der Waals surface area contributed by atoms with Crippen LogP contribution in [0.3, 0.4) is 0 Å². The molecule has 0 saturated carbocycles. The van der Waals surface area contributed by atoms with Gasteiger partial charge < -0.3 is 23.2 Å². The Morgan fingerprint density at radius 3 is 2.65 bits per heavy atom. The van der Waals surface area contributed by atoms with Crippen LogP contribution in [0, 0.1) is 6.92 Å². The van der Waals surface area contributed by atoms with Crippen molar-refractivity contribution >= 4 is 23.6 Å². The van der Waals surface area contributed by atoms with Gasteiger partial charge in [0.15, 0.2) is 18.1 Å². The van der Waals surface area contributed by atoms with Crippen LogP contribution in [0.15, 0.2) is 57.5 Å². The second-order valence-electron chi connectivity index (χ2n) is 7.01. The van der Waals surface area contributed by atoms with Crippen molar-refractivity contribution in [3.05, 3.63) is 70.8 Å². The monoisotopic (exact) mass is 481 g/mol. The number of hydrogen-bond donors (Lipinski definition) is 0. The Bertz CT molecular complexity index is 1330. The molecule has 0 N–H and O–H groups in total. The van der Waals surface area contributed by atoms with Gasteiger partial charge in [-0.2, -0.15) is 0 Å². The summed E-state index contributed by atoms with van der Waals surface area (Å²) in [6.07, 6.45) is 2.80. The van der Waals surface area contributed by atoms with Crippen LogP contribution in [0.25, 0.3) is 28.8 Å². The number of nitrogens with zero attached hydrogens (tertiary/aromatic N) is 3. The fraction of sp³-hybridized carbons (Fsp3) is 0.167. The molecule has 0 radical (unpaired) electrons. The van der Waals surface area contributed by atoms with Crippen molar-refractivity contribution in [3.8, 4) is 34.2 Å². The van der Waals surface area contributed by atoms with Gasteiger partial charge in [-0.15, -0.1) is 10.2 Å². The molecule has 9 nitrogen and oxygen atoms in total. The molecule has 4 rings (SSSR count). The third kappa shape index (κ3) is 4.94. The summed E-state index contributed by atoms with van der Waals surface area (Å²) in [7, 11) is 2.99. The van der Waals surface area contributed by atoms with Gasteiger partial charge in [-0.1, -0.05) is 47.1 Å². The highest BCUT2D eigenvalue weighted by Gasteiger charge is 2.22. The van der Waals surface area contributed by atoms with E-state index in [-0.39, 0.29) is 18.4 Å². The van der Waals surface area contributed by atoms with Gasteiger partial charge in [-0.3, -0.25) is 0 Å². The summed E-state index contributed by atoms with van der Waals surface area (Å²) in [5.74, 6) is 1.14. The molecular weight excluding hydrogens is 462 g/mol. The molecule has 34 heavy (non-hydrogen) atoms. The van der Waals surface area contributed by atoms with Crippen LogP contribution in [0.4, 0.5) is 0 Å². The second-order valence-corrected chi connectivity index (χ2v) is 7.42. The minimum absolute atomic E-state index is 0.130. The maximum atomic E-state index is 12.2. The number of hydrogen-bond acceptors (Lipinski definition) is 9. The minimum atomic E-state index is -0.600. The number of halogens is 1. The van der Waals surface area contributed by atoms with Gasteiger partial charge in [-0.05, 0) is 30.7 Å². The molecule has 0 atom stereocenters. The molecule has 2 aromatic carbocycles. The molecule has 0 saturated heterocycles. The van der Waals surface area contributed by atoms with Gasteiger partial charge >= 0.3 is 5.97 Å². The first-order valence-electron chi connectivity index (χ1n) is 10.1. The molecule has 0 aliphatic carbocycles. The molecule has 0 aliphatic rings. The number of aryl methyl sites for hydroxylation is 1. The van der Waals surface area contributed by atoms with E-state index in [0.717, 1.165) is 5.56 Å². The summed E-state index contributed by atoms with van der Waals surface area (Å²) in [5.41, 5.74) is 2.65. The Morgan fingerprint density at radius 1 is 1.12 bits per heavy atom. The largest absolute Gasteiger partial charge is 0.493 e. The van der Waals surface area contributed by atoms with Crippen molar-refractivity contribution in [2.45, 2.75) is 13.5 Å². The maximum Gasteiger partial charge on any atom is 0.331 e. The number of methoxy groups -OCH3 is 2. The lowest BCUT2D eigenvalue weighted by atomic mass is 10.1. The number of carbonyl (C=O) groups excluding carboxylic acids is 1. The zero-order valence-corrected chi connectivity index (χ0v) is 19.3. The fourth-order valence-corrected chi connectivity index (χ4v) is 3.51. The Kier molecular flexibility index (Phi) is 6.93. The number of benzene rings is 2. The Labute approximate surface area is 199 Å². The smallest absolute Gasteiger partial charge is 0.331 e. The number of carbonyl (C=O) groups is 1. The van der Waals surface area contributed by atoms with Crippen LogP contribution < -0.4 is 9.47 Å². The minimum Gasteiger partial charge on any atom is -0.493 e. The highest BCUT2D eigenvalue weighted by Crippen LogP contribution is 2.36. The molecule has 0 fully saturated rings. The van der Waals surface area contributed by atoms with Gasteiger partial charge in [0.25, 0.3) is 11.8 Å². The van der Waals surface area contributed by atoms with E-state index < -0.39 is 5.97 Å². The predicted octanol–water partition coefficient (Wildman–Crippen LogP) is 5.13. The van der Waals surface area contributed by atoms with E-state index in [1.807, 2.05) is 30.3 Å². The first kappa shape index (κ1) is 23.1. The summed E-state index contributed by atoms with van der Waals surface area (Å²) < 4.78 is 26.7. The molecule has 0 amide bonds. The quantitative estimate of drug-likeness (QED) is 0.250. The van der Waals surface area contributed by atoms with E-state index in [1.165, 1.54) is 20.3 Å². The molecule has 174 valence electrons. The third-order valence-electron chi connectivity index (χ3n) is 4.80. The van der Waals surface area contributed by atoms with E-state index >= 15 is 0 Å². The summed E-state index contributed by atoms with van der Waals surface area (Å²) in [5, 5.41) is 12.5. The summed E-state index contributed by atoms with van der Waals surface area (Å²) >= 11 is 6.18. The van der Waals surface area contributed by atoms with E-state index in [9.17, 15) is 4.79 Å². The molecule has 0 spiro atoms. The zero-order valence-electron chi connectivity index (χ0n) is 18.6. The van der Waals surface area contributed by atoms with Gasteiger partial charge in [0.05, 0.1) is 19.2 Å². The second kappa shape index (κ2) is 10.2. The molecule has 2 heterocycles. The Balaban J connectivity index is 1.43. The molecule has 4 aromatic rings. The normalized spacial score (nSPS) is 11.1. The molecule has 0 bridgehead atoms. The Hall–Kier alpha value is -4.11. The van der Waals surface area contributed by atoms with Crippen LogP contribution in [-0.2, 0) is 16.1 Å². The van der Waals surface area contributed by atoms with Crippen LogP contribution in [-0.4, -0.2) is 35.5 Å². The van der Waals surface area contributed by atoms with Gasteiger partial charge in [-0.25, -0.2) is 4.79 Å². The van der Waals surface area contributed by atoms with Crippen LogP contribution in [0.1, 0.15) is 17.2 Å². The fourth-order valence-electron chi connectivity index (χ4n) is 3.21. The van der Waals surface area contributed by atoms with Gasteiger partial charge in [0, 0.05) is 11.6 Å². The maximum absolute atomic E-state index is 12.2. The number of ether oxygens (including phenoxy) is 3. The van der Waals surface area contributed by atoms with Crippen molar-refractivity contribution in [1.82, 2.24) is 15.4 Å². The van der Waals surface area contributed by atoms with E-state index in [4.69, 9.17) is 34.8 Å². The first-order valence-corrected chi connectivity index (χ1v) is 10.5. The van der Waals surface area contributed by atoms with Crippen molar-refractivity contribution in [2.75, 3.05) is 14.2 Å². The van der Waals surface area contributed by atoms with Crippen molar-refractivity contribution in [3.63, 3.8) is 0 Å². The van der Waals surface area contributed by atoms with Crippen LogP contribution in [0.2, 0.25) is 5.02 Å². The predicted molar refractivity (Wildman–Crippen MR) is 123 cm³/mol. The van der Waals surface area contributed by atoms with Crippen molar-refractivity contribution in [1.29, 1.82) is 0 Å². The number of esters is 1. The van der Waals surface area contributed by atoms with Crippen LogP contribution >= 0.6 is 11.6 Å². The number of rotatable bonds is 8. The SMILES string of the molecule is COc1cc(/C=C/C(=O)OCc2nnc(-c3c(-c4ccccc4)noc3C)o2)cc(Cl)c1OC. The molecule has 0 unspecified atom stereocenters. The van der Waals surface area contributed by atoms with E-state index in [0.29, 0.717) is 39.1 Å². The molecular formula is C24H20ClN3O6. The third-order valence-corrected chi connectivity index (χ3v) is 5.08. The average molecular weight is 482 g/mol. The van der Waals surface area contributed by atoms with Gasteiger partial charge in [0.1, 0.15) is 17.0 Å². The average Bonchev–Trinajstić information content (AvgIpc) is 3.47. The molecule has 2 aromatic heterocycles. The highest BCUT2D eigenvalue weighted by molar-refractivity contribution is 6.32. The van der Waals surface area contributed by atoms with Crippen molar-refractivity contribution < 1.29 is 27.9 Å². The highest BCUT2D eigenvalue weighted by atomic mass is 35.5. The first-order chi connectivity index (χ1) is 16.5. The van der Waals surface area contributed by atoms with E-state index in [1.54, 1.807) is 25.1 Å². The lowest BCUT2D eigenvalue weighted by Gasteiger charge is -2.10. The lowest BCUT2D eigenvalue weighted by Crippen LogP contribution is -2.01. The standard InChI is InChI=1S/C24H20ClN3O6/c1-14-21(22(28-34-14)16-7-5-4-6-8-16)24-27-26-19(33-24)13-32-20(29)10-9-15-11-17(25)23(31-3)18(12-15)30-2/h4-12H,13H2,1-3H3/b10-9+. The number of aromatic nitrogens is 3.